The molecular weight excluding hydrogens is 243 g/mol. The maximum atomic E-state index is 12.9. The van der Waals surface area contributed by atoms with Gasteiger partial charge in [0.2, 0.25) is 5.91 Å². The second kappa shape index (κ2) is 5.18. The lowest BCUT2D eigenvalue weighted by Crippen LogP contribution is -2.33. The normalized spacial score (nSPS) is 15.1. The van der Waals surface area contributed by atoms with E-state index in [0.717, 1.165) is 0 Å². The van der Waals surface area contributed by atoms with E-state index in [4.69, 9.17) is 0 Å². The minimum atomic E-state index is -0.407. The quantitative estimate of drug-likeness (QED) is 0.896. The molecule has 0 radical (unpaired) electrons. The van der Waals surface area contributed by atoms with Gasteiger partial charge in [-0.25, -0.2) is 4.39 Å². The Bertz CT molecular complexity index is 453. The molecule has 6 heteroatoms. The number of nitrogens with one attached hydrogen (secondary N) is 1. The summed E-state index contributed by atoms with van der Waals surface area (Å²) in [6.07, 6.45) is 0. The molecule has 1 aromatic rings. The van der Waals surface area contributed by atoms with Crippen LogP contribution >= 0.6 is 11.8 Å². The molecule has 1 fully saturated rings. The molecule has 0 atom stereocenters. The second-order valence-electron chi connectivity index (χ2n) is 3.59. The zero-order chi connectivity index (χ0) is 12.3. The van der Waals surface area contributed by atoms with E-state index in [-0.39, 0.29) is 17.7 Å². The highest BCUT2D eigenvalue weighted by Crippen LogP contribution is 2.17. The van der Waals surface area contributed by atoms with Crippen LogP contribution in [0.4, 0.5) is 14.9 Å². The van der Waals surface area contributed by atoms with E-state index in [1.807, 2.05) is 0 Å². The molecule has 1 N–H and O–H groups in total. The van der Waals surface area contributed by atoms with Gasteiger partial charge in [0.05, 0.1) is 0 Å². The third-order valence-corrected chi connectivity index (χ3v) is 3.18. The van der Waals surface area contributed by atoms with Crippen LogP contribution in [0.15, 0.2) is 24.3 Å². The van der Waals surface area contributed by atoms with Gasteiger partial charge in [0.25, 0.3) is 5.24 Å². The largest absolute Gasteiger partial charge is 0.324 e. The average molecular weight is 254 g/mol. The zero-order valence-electron chi connectivity index (χ0n) is 8.98. The molecule has 0 spiro atoms. The van der Waals surface area contributed by atoms with Crippen LogP contribution in [0.1, 0.15) is 0 Å². The fraction of sp³-hybridized carbons (Fsp3) is 0.273. The number of anilines is 1. The molecule has 0 aromatic heterocycles. The van der Waals surface area contributed by atoms with E-state index >= 15 is 0 Å². The summed E-state index contributed by atoms with van der Waals surface area (Å²) in [6, 6.07) is 5.65. The first-order valence-electron chi connectivity index (χ1n) is 5.12. The molecule has 1 heterocycles. The predicted molar refractivity (Wildman–Crippen MR) is 64.5 cm³/mol. The Morgan fingerprint density at radius 2 is 2.35 bits per heavy atom. The minimum Gasteiger partial charge on any atom is -0.324 e. The fourth-order valence-electron chi connectivity index (χ4n) is 1.51. The van der Waals surface area contributed by atoms with Crippen molar-refractivity contribution in [1.82, 2.24) is 4.90 Å². The molecule has 0 bridgehead atoms. The summed E-state index contributed by atoms with van der Waals surface area (Å²) in [5, 5.41) is 2.46. The van der Waals surface area contributed by atoms with Crippen molar-refractivity contribution in [1.29, 1.82) is 0 Å². The lowest BCUT2D eigenvalue weighted by molar-refractivity contribution is -0.116. The van der Waals surface area contributed by atoms with E-state index in [1.165, 1.54) is 34.9 Å². The molecule has 1 saturated heterocycles. The number of carbonyl (C=O) groups excluding carboxylic acids is 2. The number of halogens is 1. The van der Waals surface area contributed by atoms with Crippen LogP contribution in [0.5, 0.6) is 0 Å². The SMILES string of the molecule is O=C(CN1CCSC1=O)Nc1cccc(F)c1. The van der Waals surface area contributed by atoms with Gasteiger partial charge in [-0.2, -0.15) is 0 Å². The van der Waals surface area contributed by atoms with Gasteiger partial charge in [-0.3, -0.25) is 9.59 Å². The molecule has 17 heavy (non-hydrogen) atoms. The van der Waals surface area contributed by atoms with Gasteiger partial charge in [-0.05, 0) is 18.2 Å². The number of benzene rings is 1. The molecule has 0 unspecified atom stereocenters. The highest BCUT2D eigenvalue weighted by atomic mass is 32.2. The summed E-state index contributed by atoms with van der Waals surface area (Å²) >= 11 is 1.20. The van der Waals surface area contributed by atoms with Gasteiger partial charge in [0.1, 0.15) is 12.4 Å². The van der Waals surface area contributed by atoms with Crippen molar-refractivity contribution in [3.05, 3.63) is 30.1 Å². The van der Waals surface area contributed by atoms with E-state index in [2.05, 4.69) is 5.32 Å². The number of nitrogens with zero attached hydrogens (tertiary/aromatic N) is 1. The standard InChI is InChI=1S/C11H11FN2O2S/c12-8-2-1-3-9(6-8)13-10(15)7-14-4-5-17-11(14)16/h1-3,6H,4-5,7H2,(H,13,15). The van der Waals surface area contributed by atoms with Gasteiger partial charge >= 0.3 is 0 Å². The van der Waals surface area contributed by atoms with E-state index in [9.17, 15) is 14.0 Å². The maximum Gasteiger partial charge on any atom is 0.282 e. The van der Waals surface area contributed by atoms with Gasteiger partial charge in [-0.1, -0.05) is 17.8 Å². The first kappa shape index (κ1) is 11.9. The van der Waals surface area contributed by atoms with Crippen LogP contribution < -0.4 is 5.32 Å². The number of hydrogen-bond acceptors (Lipinski definition) is 3. The molecule has 1 aliphatic heterocycles. The molecule has 1 aliphatic rings. The molecular formula is C11H11FN2O2S. The summed E-state index contributed by atoms with van der Waals surface area (Å²) in [5.41, 5.74) is 0.397. The Morgan fingerprint density at radius 1 is 1.53 bits per heavy atom. The monoisotopic (exact) mass is 254 g/mol. The average Bonchev–Trinajstić information content (AvgIpc) is 2.64. The van der Waals surface area contributed by atoms with Crippen LogP contribution in [0.3, 0.4) is 0 Å². The van der Waals surface area contributed by atoms with Gasteiger partial charge < -0.3 is 10.2 Å². The highest BCUT2D eigenvalue weighted by Gasteiger charge is 2.23. The summed E-state index contributed by atoms with van der Waals surface area (Å²) in [4.78, 5) is 24.3. The van der Waals surface area contributed by atoms with Gasteiger partial charge in [0.15, 0.2) is 0 Å². The van der Waals surface area contributed by atoms with Crippen molar-refractivity contribution in [2.24, 2.45) is 0 Å². The third-order valence-electron chi connectivity index (χ3n) is 2.29. The first-order chi connectivity index (χ1) is 8.15. The van der Waals surface area contributed by atoms with Crippen LogP contribution in [0, 0.1) is 5.82 Å². The molecule has 4 nitrogen and oxygen atoms in total. The van der Waals surface area contributed by atoms with Crippen molar-refractivity contribution in [2.45, 2.75) is 0 Å². The fourth-order valence-corrected chi connectivity index (χ4v) is 2.33. The molecule has 0 saturated carbocycles. The third kappa shape index (κ3) is 3.20. The lowest BCUT2D eigenvalue weighted by Gasteiger charge is -2.13. The Morgan fingerprint density at radius 3 is 3.00 bits per heavy atom. The van der Waals surface area contributed by atoms with E-state index in [0.29, 0.717) is 18.0 Å². The van der Waals surface area contributed by atoms with Crippen LogP contribution in [-0.2, 0) is 4.79 Å². The predicted octanol–water partition coefficient (Wildman–Crippen LogP) is 1.93. The number of rotatable bonds is 3. The summed E-state index contributed by atoms with van der Waals surface area (Å²) in [6.45, 7) is 0.600. The van der Waals surface area contributed by atoms with Crippen LogP contribution in [0.25, 0.3) is 0 Å². The Labute approximate surface area is 102 Å². The van der Waals surface area contributed by atoms with Crippen molar-refractivity contribution in [3.63, 3.8) is 0 Å². The zero-order valence-corrected chi connectivity index (χ0v) is 9.80. The first-order valence-corrected chi connectivity index (χ1v) is 6.11. The van der Waals surface area contributed by atoms with Gasteiger partial charge in [0, 0.05) is 18.0 Å². The number of amides is 2. The molecule has 2 rings (SSSR count). The highest BCUT2D eigenvalue weighted by molar-refractivity contribution is 8.13. The Kier molecular flexibility index (Phi) is 3.63. The Balaban J connectivity index is 1.91. The molecule has 0 aliphatic carbocycles. The molecule has 90 valence electrons. The van der Waals surface area contributed by atoms with Crippen molar-refractivity contribution < 1.29 is 14.0 Å². The van der Waals surface area contributed by atoms with E-state index in [1.54, 1.807) is 6.07 Å². The summed E-state index contributed by atoms with van der Waals surface area (Å²) in [7, 11) is 0. The Hall–Kier alpha value is -1.56. The molecule has 2 amide bonds. The second-order valence-corrected chi connectivity index (χ2v) is 4.64. The van der Waals surface area contributed by atoms with Crippen LogP contribution in [-0.4, -0.2) is 34.9 Å². The molecule has 1 aromatic carbocycles. The van der Waals surface area contributed by atoms with Crippen molar-refractivity contribution in [3.8, 4) is 0 Å². The van der Waals surface area contributed by atoms with Crippen molar-refractivity contribution in [2.75, 3.05) is 24.2 Å². The maximum absolute atomic E-state index is 12.9. The number of thioether (sulfide) groups is 1. The summed E-state index contributed by atoms with van der Waals surface area (Å²) < 4.78 is 12.9. The summed E-state index contributed by atoms with van der Waals surface area (Å²) in [5.74, 6) is -0.00596. The minimum absolute atomic E-state index is 0.0162. The van der Waals surface area contributed by atoms with Crippen LogP contribution in [0.2, 0.25) is 0 Å². The lowest BCUT2D eigenvalue weighted by atomic mass is 10.3. The smallest absolute Gasteiger partial charge is 0.282 e. The number of carbonyl (C=O) groups is 2. The van der Waals surface area contributed by atoms with Crippen molar-refractivity contribution >= 4 is 28.6 Å². The number of hydrogen-bond donors (Lipinski definition) is 1. The van der Waals surface area contributed by atoms with E-state index < -0.39 is 5.82 Å². The van der Waals surface area contributed by atoms with Gasteiger partial charge in [-0.15, -0.1) is 0 Å². The topological polar surface area (TPSA) is 49.4 Å².